The van der Waals surface area contributed by atoms with Gasteiger partial charge in [0, 0.05) is 29.1 Å². The minimum absolute atomic E-state index is 0.237. The predicted molar refractivity (Wildman–Crippen MR) is 98.9 cm³/mol. The maximum Gasteiger partial charge on any atom is 0.252 e. The molecule has 2 aromatic rings. The van der Waals surface area contributed by atoms with Gasteiger partial charge in [-0.2, -0.15) is 0 Å². The van der Waals surface area contributed by atoms with Crippen LogP contribution in [0.4, 0.5) is 5.82 Å². The number of fused-ring (bicyclic) bond motifs is 2. The molecule has 0 aliphatic carbocycles. The molecule has 0 radical (unpaired) electrons. The molecule has 11 heteroatoms. The number of aromatic nitrogens is 4. The number of nitrogens with two attached hydrogens (primary N) is 1. The van der Waals surface area contributed by atoms with Crippen LogP contribution >= 0.6 is 22.6 Å². The average Bonchev–Trinajstić information content (AvgIpc) is 3.18. The van der Waals surface area contributed by atoms with E-state index in [1.165, 1.54) is 0 Å². The molecule has 0 spiro atoms. The van der Waals surface area contributed by atoms with E-state index in [4.69, 9.17) is 19.9 Å². The molecule has 0 bridgehead atoms. The van der Waals surface area contributed by atoms with E-state index < -0.39 is 30.3 Å². The highest BCUT2D eigenvalue weighted by atomic mass is 127. The zero-order valence-corrected chi connectivity index (χ0v) is 16.6. The van der Waals surface area contributed by atoms with Crippen molar-refractivity contribution >= 4 is 45.5 Å². The molecule has 2 aliphatic heterocycles. The Bertz CT molecular complexity index is 871. The lowest BCUT2D eigenvalue weighted by Crippen LogP contribution is -2.42. The van der Waals surface area contributed by atoms with Crippen LogP contribution in [0.2, 0.25) is 0 Å². The number of ether oxygens (including phenoxy) is 3. The largest absolute Gasteiger partial charge is 0.382 e. The van der Waals surface area contributed by atoms with E-state index in [1.807, 2.05) is 43.4 Å². The van der Waals surface area contributed by atoms with Crippen LogP contribution in [0.3, 0.4) is 0 Å². The summed E-state index contributed by atoms with van der Waals surface area (Å²) in [5, 5.41) is 2.78. The predicted octanol–water partition coefficient (Wildman–Crippen LogP) is 0.567. The molecule has 0 saturated carbocycles. The van der Waals surface area contributed by atoms with Gasteiger partial charge < -0.3 is 25.3 Å². The van der Waals surface area contributed by atoms with Gasteiger partial charge in [-0.25, -0.2) is 15.0 Å². The fourth-order valence-electron chi connectivity index (χ4n) is 3.38. The molecule has 2 aliphatic rings. The van der Waals surface area contributed by atoms with Crippen molar-refractivity contribution in [3.63, 3.8) is 0 Å². The van der Waals surface area contributed by atoms with Gasteiger partial charge in [0.15, 0.2) is 33.4 Å². The Hall–Kier alpha value is -1.57. The molecule has 26 heavy (non-hydrogen) atoms. The van der Waals surface area contributed by atoms with Gasteiger partial charge >= 0.3 is 0 Å². The molecule has 2 saturated heterocycles. The summed E-state index contributed by atoms with van der Waals surface area (Å²) in [5.74, 6) is -0.766. The van der Waals surface area contributed by atoms with E-state index in [0.29, 0.717) is 21.5 Å². The number of halogens is 1. The highest BCUT2D eigenvalue weighted by Gasteiger charge is 2.58. The molecule has 2 fully saturated rings. The van der Waals surface area contributed by atoms with Gasteiger partial charge in [0.1, 0.15) is 17.7 Å². The van der Waals surface area contributed by atoms with Gasteiger partial charge in [0.05, 0.1) is 6.33 Å². The molecule has 0 aromatic carbocycles. The van der Waals surface area contributed by atoms with Gasteiger partial charge in [-0.1, -0.05) is 0 Å². The van der Waals surface area contributed by atoms with Crippen molar-refractivity contribution in [2.75, 3.05) is 12.3 Å². The number of carbonyl (C=O) groups excluding carboxylic acids is 1. The number of nitrogens with zero attached hydrogens (tertiary/aromatic N) is 4. The number of anilines is 1. The maximum absolute atomic E-state index is 12.4. The highest BCUT2D eigenvalue weighted by Crippen LogP contribution is 2.43. The Morgan fingerprint density at radius 3 is 2.85 bits per heavy atom. The number of hydrogen-bond acceptors (Lipinski definition) is 8. The topological polar surface area (TPSA) is 126 Å². The maximum atomic E-state index is 12.4. The van der Waals surface area contributed by atoms with Gasteiger partial charge in [0.25, 0.3) is 5.91 Å². The van der Waals surface area contributed by atoms with Crippen LogP contribution in [0.1, 0.15) is 27.0 Å². The summed E-state index contributed by atoms with van der Waals surface area (Å²) in [6, 6.07) is 0. The summed E-state index contributed by atoms with van der Waals surface area (Å²) in [6.07, 6.45) is -0.851. The van der Waals surface area contributed by atoms with Crippen molar-refractivity contribution in [3.8, 4) is 0 Å². The lowest BCUT2D eigenvalue weighted by Gasteiger charge is -2.24. The Labute approximate surface area is 162 Å². The first-order chi connectivity index (χ1) is 12.3. The van der Waals surface area contributed by atoms with Crippen LogP contribution in [-0.4, -0.2) is 56.1 Å². The standard InChI is InChI=1S/C15H19IN6O4/c1-4-18-12(23)8-7-9(26-15(2,3)25-7)13(24-8)22-5-19-6-10(17)20-14(16)21-11(6)22/h5,7-9,13H,4H2,1-3H3,(H,18,23)(H2,17,20,21)/t7-,8+,9-,13+/m0/s1. The Balaban J connectivity index is 1.76. The molecule has 4 heterocycles. The molecule has 140 valence electrons. The van der Waals surface area contributed by atoms with E-state index in [0.717, 1.165) is 0 Å². The second-order valence-electron chi connectivity index (χ2n) is 6.61. The average molecular weight is 474 g/mol. The van der Waals surface area contributed by atoms with Crippen LogP contribution in [0, 0.1) is 3.83 Å². The molecule has 10 nitrogen and oxygen atoms in total. The number of amides is 1. The van der Waals surface area contributed by atoms with Crippen LogP contribution in [0.5, 0.6) is 0 Å². The van der Waals surface area contributed by atoms with Gasteiger partial charge in [-0.15, -0.1) is 0 Å². The number of rotatable bonds is 3. The van der Waals surface area contributed by atoms with Crippen molar-refractivity contribution in [2.24, 2.45) is 0 Å². The lowest BCUT2D eigenvalue weighted by molar-refractivity contribution is -0.197. The molecule has 4 atom stereocenters. The SMILES string of the molecule is CCNC(=O)[C@@H]1O[C@@H](n2cnc3c(N)nc(I)nc32)[C@H]2OC(C)(C)O[C@H]21. The minimum Gasteiger partial charge on any atom is -0.382 e. The van der Waals surface area contributed by atoms with Crippen molar-refractivity contribution in [1.82, 2.24) is 24.8 Å². The number of likely N-dealkylation sites (N-methyl/N-ethyl adjacent to an activating group) is 1. The van der Waals surface area contributed by atoms with Crippen LogP contribution in [0.15, 0.2) is 6.33 Å². The second kappa shape index (κ2) is 6.25. The quantitative estimate of drug-likeness (QED) is 0.489. The van der Waals surface area contributed by atoms with Crippen molar-refractivity contribution in [3.05, 3.63) is 10.2 Å². The lowest BCUT2D eigenvalue weighted by atomic mass is 10.1. The highest BCUT2D eigenvalue weighted by molar-refractivity contribution is 14.1. The normalized spacial score (nSPS) is 29.8. The van der Waals surface area contributed by atoms with E-state index in [2.05, 4.69) is 20.3 Å². The summed E-state index contributed by atoms with van der Waals surface area (Å²) in [5.41, 5.74) is 6.94. The number of nitrogens with one attached hydrogen (secondary N) is 1. The smallest absolute Gasteiger partial charge is 0.252 e. The zero-order valence-electron chi connectivity index (χ0n) is 14.5. The third-order valence-electron chi connectivity index (χ3n) is 4.33. The summed E-state index contributed by atoms with van der Waals surface area (Å²) in [6.45, 7) is 5.97. The first kappa shape index (κ1) is 17.8. The van der Waals surface area contributed by atoms with Crippen molar-refractivity contribution in [1.29, 1.82) is 0 Å². The fourth-order valence-corrected chi connectivity index (χ4v) is 3.87. The Morgan fingerprint density at radius 1 is 1.38 bits per heavy atom. The number of hydrogen-bond donors (Lipinski definition) is 2. The minimum atomic E-state index is -0.819. The third kappa shape index (κ3) is 2.82. The van der Waals surface area contributed by atoms with E-state index in [9.17, 15) is 4.79 Å². The van der Waals surface area contributed by atoms with E-state index >= 15 is 0 Å². The van der Waals surface area contributed by atoms with Crippen molar-refractivity contribution in [2.45, 2.75) is 51.1 Å². The summed E-state index contributed by atoms with van der Waals surface area (Å²) in [4.78, 5) is 25.3. The number of carbonyl (C=O) groups is 1. The van der Waals surface area contributed by atoms with E-state index in [1.54, 1.807) is 10.9 Å². The van der Waals surface area contributed by atoms with Gasteiger partial charge in [0.2, 0.25) is 0 Å². The second-order valence-corrected chi connectivity index (χ2v) is 7.57. The van der Waals surface area contributed by atoms with Gasteiger partial charge in [-0.3, -0.25) is 9.36 Å². The Morgan fingerprint density at radius 2 is 2.12 bits per heavy atom. The molecule has 1 amide bonds. The number of nitrogen functional groups attached to an aromatic ring is 1. The molecular weight excluding hydrogens is 455 g/mol. The Kier molecular flexibility index (Phi) is 4.28. The van der Waals surface area contributed by atoms with E-state index in [-0.39, 0.29) is 11.7 Å². The van der Waals surface area contributed by atoms with Crippen LogP contribution in [0.25, 0.3) is 11.2 Å². The molecule has 0 unspecified atom stereocenters. The third-order valence-corrected chi connectivity index (χ3v) is 4.82. The molecule has 4 rings (SSSR count). The van der Waals surface area contributed by atoms with Crippen LogP contribution < -0.4 is 11.1 Å². The molecular formula is C15H19IN6O4. The molecule has 3 N–H and O–H groups in total. The van der Waals surface area contributed by atoms with Crippen molar-refractivity contribution < 1.29 is 19.0 Å². The summed E-state index contributed by atoms with van der Waals surface area (Å²) < 4.78 is 20.2. The summed E-state index contributed by atoms with van der Waals surface area (Å²) in [7, 11) is 0. The van der Waals surface area contributed by atoms with Crippen LogP contribution in [-0.2, 0) is 19.0 Å². The zero-order chi connectivity index (χ0) is 18.6. The summed E-state index contributed by atoms with van der Waals surface area (Å²) >= 11 is 1.99. The number of imidazole rings is 1. The molecule has 2 aromatic heterocycles. The first-order valence-corrected chi connectivity index (χ1v) is 9.33. The van der Waals surface area contributed by atoms with Gasteiger partial charge in [-0.05, 0) is 20.8 Å². The monoisotopic (exact) mass is 474 g/mol. The first-order valence-electron chi connectivity index (χ1n) is 8.25. The fraction of sp³-hybridized carbons (Fsp3) is 0.600.